The molecule has 0 saturated heterocycles. The van der Waals surface area contributed by atoms with E-state index in [2.05, 4.69) is 18.2 Å². The molecule has 0 atom stereocenters. The highest BCUT2D eigenvalue weighted by Gasteiger charge is 2.13. The van der Waals surface area contributed by atoms with Crippen molar-refractivity contribution in [2.75, 3.05) is 0 Å². The number of rotatable bonds is 2. The largest absolute Gasteiger partial charge is 0.477 e. The number of aromatic carboxylic acids is 1. The van der Waals surface area contributed by atoms with Crippen LogP contribution in [0.25, 0.3) is 20.7 Å². The molecule has 3 rings (SSSR count). The fourth-order valence-electron chi connectivity index (χ4n) is 2.08. The van der Waals surface area contributed by atoms with Gasteiger partial charge in [0.25, 0.3) is 0 Å². The highest BCUT2D eigenvalue weighted by Crippen LogP contribution is 2.33. The number of nitrogens with zero attached hydrogens (tertiary/aromatic N) is 1. The summed E-state index contributed by atoms with van der Waals surface area (Å²) in [5.41, 5.74) is 1.25. The molecular formula is C14H11NO2S. The summed E-state index contributed by atoms with van der Waals surface area (Å²) in [5.74, 6) is -0.898. The van der Waals surface area contributed by atoms with Crippen LogP contribution in [-0.2, 0) is 7.05 Å². The third-order valence-electron chi connectivity index (χ3n) is 3.02. The van der Waals surface area contributed by atoms with Crippen LogP contribution in [0.15, 0.2) is 42.5 Å². The van der Waals surface area contributed by atoms with Gasteiger partial charge in [-0.1, -0.05) is 18.2 Å². The average molecular weight is 257 g/mol. The van der Waals surface area contributed by atoms with Crippen molar-refractivity contribution in [3.05, 3.63) is 48.2 Å². The van der Waals surface area contributed by atoms with Crippen LogP contribution in [0.2, 0.25) is 0 Å². The molecule has 0 saturated carbocycles. The van der Waals surface area contributed by atoms with Crippen LogP contribution in [0.5, 0.6) is 0 Å². The molecule has 0 aliphatic rings. The summed E-state index contributed by atoms with van der Waals surface area (Å²) in [6.07, 6.45) is 0. The Morgan fingerprint density at radius 3 is 2.67 bits per heavy atom. The van der Waals surface area contributed by atoms with Crippen LogP contribution >= 0.6 is 11.3 Å². The number of aromatic nitrogens is 1. The summed E-state index contributed by atoms with van der Waals surface area (Å²) in [5, 5.41) is 10.2. The maximum atomic E-state index is 11.0. The molecule has 0 fully saturated rings. The topological polar surface area (TPSA) is 42.2 Å². The van der Waals surface area contributed by atoms with Gasteiger partial charge in [-0.25, -0.2) is 4.79 Å². The van der Waals surface area contributed by atoms with E-state index < -0.39 is 5.97 Å². The molecule has 0 unspecified atom stereocenters. The Morgan fingerprint density at radius 2 is 2.00 bits per heavy atom. The predicted octanol–water partition coefficient (Wildman–Crippen LogP) is 3.61. The quantitative estimate of drug-likeness (QED) is 0.762. The average Bonchev–Trinajstić information content (AvgIpc) is 2.91. The molecule has 0 aliphatic carbocycles. The molecule has 0 spiro atoms. The third kappa shape index (κ3) is 1.62. The number of hydrogen-bond donors (Lipinski definition) is 1. The minimum absolute atomic E-state index is 0.308. The van der Waals surface area contributed by atoms with Crippen molar-refractivity contribution in [1.29, 1.82) is 0 Å². The minimum atomic E-state index is -0.898. The lowest BCUT2D eigenvalue weighted by atomic mass is 10.2. The molecule has 3 aromatic rings. The van der Waals surface area contributed by atoms with Crippen LogP contribution < -0.4 is 0 Å². The summed E-state index contributed by atoms with van der Waals surface area (Å²) in [4.78, 5) is 12.1. The van der Waals surface area contributed by atoms with Crippen LogP contribution in [0.1, 0.15) is 10.5 Å². The SMILES string of the molecule is Cn1c(C(=O)O)ccc1-c1cc2ccccc2s1. The van der Waals surface area contributed by atoms with Gasteiger partial charge in [-0.2, -0.15) is 0 Å². The molecule has 0 radical (unpaired) electrons. The molecule has 1 N–H and O–H groups in total. The van der Waals surface area contributed by atoms with Gasteiger partial charge in [0.1, 0.15) is 5.69 Å². The fraction of sp³-hybridized carbons (Fsp3) is 0.0714. The summed E-state index contributed by atoms with van der Waals surface area (Å²) in [6.45, 7) is 0. The number of hydrogen-bond acceptors (Lipinski definition) is 2. The Labute approximate surface area is 108 Å². The second kappa shape index (κ2) is 3.99. The van der Waals surface area contributed by atoms with Crippen LogP contribution in [0, 0.1) is 0 Å². The van der Waals surface area contributed by atoms with Crippen LogP contribution in [0.4, 0.5) is 0 Å². The van der Waals surface area contributed by atoms with Gasteiger partial charge < -0.3 is 9.67 Å². The van der Waals surface area contributed by atoms with E-state index in [0.717, 1.165) is 10.6 Å². The molecule has 3 nitrogen and oxygen atoms in total. The van der Waals surface area contributed by atoms with Crippen molar-refractivity contribution < 1.29 is 9.90 Å². The maximum Gasteiger partial charge on any atom is 0.352 e. The summed E-state index contributed by atoms with van der Waals surface area (Å²) < 4.78 is 2.93. The highest BCUT2D eigenvalue weighted by atomic mass is 32.1. The van der Waals surface area contributed by atoms with Crippen LogP contribution in [-0.4, -0.2) is 15.6 Å². The van der Waals surface area contributed by atoms with Gasteiger partial charge in [-0.3, -0.25) is 0 Å². The van der Waals surface area contributed by atoms with Crippen molar-refractivity contribution >= 4 is 27.4 Å². The second-order valence-corrected chi connectivity index (χ2v) is 5.20. The molecule has 2 aromatic heterocycles. The number of carboxylic acids is 1. The van der Waals surface area contributed by atoms with Gasteiger partial charge in [0.2, 0.25) is 0 Å². The van der Waals surface area contributed by atoms with Gasteiger partial charge >= 0.3 is 5.97 Å². The van der Waals surface area contributed by atoms with Gasteiger partial charge in [-0.15, -0.1) is 11.3 Å². The standard InChI is InChI=1S/C14H11NO2S/c1-15-10(6-7-11(15)14(16)17)13-8-9-4-2-3-5-12(9)18-13/h2-8H,1H3,(H,16,17). The number of benzene rings is 1. The van der Waals surface area contributed by atoms with E-state index in [4.69, 9.17) is 5.11 Å². The maximum absolute atomic E-state index is 11.0. The summed E-state index contributed by atoms with van der Waals surface area (Å²) >= 11 is 1.68. The second-order valence-electron chi connectivity index (χ2n) is 4.12. The lowest BCUT2D eigenvalue weighted by molar-refractivity contribution is 0.0687. The van der Waals surface area contributed by atoms with E-state index in [1.165, 1.54) is 10.1 Å². The Balaban J connectivity index is 2.17. The van der Waals surface area contributed by atoms with E-state index in [1.807, 2.05) is 18.2 Å². The number of thiophene rings is 1. The number of fused-ring (bicyclic) bond motifs is 1. The van der Waals surface area contributed by atoms with Crippen molar-refractivity contribution in [1.82, 2.24) is 4.57 Å². The predicted molar refractivity (Wildman–Crippen MR) is 73.2 cm³/mol. The molecule has 0 bridgehead atoms. The van der Waals surface area contributed by atoms with Gasteiger partial charge in [0, 0.05) is 11.7 Å². The third-order valence-corrected chi connectivity index (χ3v) is 4.16. The minimum Gasteiger partial charge on any atom is -0.477 e. The molecule has 18 heavy (non-hydrogen) atoms. The monoisotopic (exact) mass is 257 g/mol. The molecule has 2 heterocycles. The molecule has 0 amide bonds. The van der Waals surface area contributed by atoms with Crippen molar-refractivity contribution in [3.8, 4) is 10.6 Å². The Kier molecular flexibility index (Phi) is 2.45. The summed E-state index contributed by atoms with van der Waals surface area (Å²) in [7, 11) is 1.78. The fourth-order valence-corrected chi connectivity index (χ4v) is 3.21. The zero-order chi connectivity index (χ0) is 12.7. The normalized spacial score (nSPS) is 10.9. The first-order valence-corrected chi connectivity index (χ1v) is 6.36. The molecular weight excluding hydrogens is 246 g/mol. The van der Waals surface area contributed by atoms with Crippen molar-refractivity contribution in [2.24, 2.45) is 7.05 Å². The van der Waals surface area contributed by atoms with Crippen molar-refractivity contribution in [3.63, 3.8) is 0 Å². The molecule has 1 aromatic carbocycles. The van der Waals surface area contributed by atoms with E-state index in [9.17, 15) is 4.79 Å². The Morgan fingerprint density at radius 1 is 1.22 bits per heavy atom. The molecule has 0 aliphatic heterocycles. The van der Waals surface area contributed by atoms with Crippen LogP contribution in [0.3, 0.4) is 0 Å². The smallest absolute Gasteiger partial charge is 0.352 e. The van der Waals surface area contributed by atoms with Crippen molar-refractivity contribution in [2.45, 2.75) is 0 Å². The first-order valence-electron chi connectivity index (χ1n) is 5.55. The zero-order valence-electron chi connectivity index (χ0n) is 9.75. The highest BCUT2D eigenvalue weighted by molar-refractivity contribution is 7.22. The molecule has 4 heteroatoms. The zero-order valence-corrected chi connectivity index (χ0v) is 10.6. The van der Waals surface area contributed by atoms with E-state index in [-0.39, 0.29) is 0 Å². The van der Waals surface area contributed by atoms with Gasteiger partial charge in [0.15, 0.2) is 0 Å². The van der Waals surface area contributed by atoms with E-state index in [1.54, 1.807) is 29.0 Å². The first-order chi connectivity index (χ1) is 8.66. The lowest BCUT2D eigenvalue weighted by Gasteiger charge is -2.02. The van der Waals surface area contributed by atoms with Gasteiger partial charge in [0.05, 0.1) is 10.6 Å². The number of carbonyl (C=O) groups is 1. The first kappa shape index (κ1) is 11.0. The van der Waals surface area contributed by atoms with E-state index >= 15 is 0 Å². The molecule has 90 valence electrons. The lowest BCUT2D eigenvalue weighted by Crippen LogP contribution is -2.04. The van der Waals surface area contributed by atoms with Gasteiger partial charge in [-0.05, 0) is 29.7 Å². The number of carboxylic acid groups (broad SMARTS) is 1. The van der Waals surface area contributed by atoms with E-state index in [0.29, 0.717) is 5.69 Å². The summed E-state index contributed by atoms with van der Waals surface area (Å²) in [6, 6.07) is 13.8. The Bertz CT molecular complexity index is 706. The Hall–Kier alpha value is -2.07.